The Bertz CT molecular complexity index is 301. The van der Waals surface area contributed by atoms with E-state index in [2.05, 4.69) is 6.58 Å². The third-order valence-electron chi connectivity index (χ3n) is 2.37. The van der Waals surface area contributed by atoms with Gasteiger partial charge in [0.2, 0.25) is 12.1 Å². The molecule has 0 aliphatic heterocycles. The lowest BCUT2D eigenvalue weighted by Gasteiger charge is -2.30. The van der Waals surface area contributed by atoms with Crippen LogP contribution >= 0.6 is 0 Å². The third-order valence-corrected chi connectivity index (χ3v) is 2.37. The number of ether oxygens (including phenoxy) is 1. The van der Waals surface area contributed by atoms with Crippen molar-refractivity contribution in [1.82, 2.24) is 4.90 Å². The topological polar surface area (TPSA) is 66.8 Å². The number of hydrogen-bond acceptors (Lipinski definition) is 4. The van der Waals surface area contributed by atoms with Gasteiger partial charge >= 0.3 is 5.97 Å². The maximum absolute atomic E-state index is 11.4. The molecule has 0 aromatic rings. The molecule has 0 rings (SSSR count). The van der Waals surface area contributed by atoms with E-state index in [1.165, 1.54) is 25.8 Å². The summed E-state index contributed by atoms with van der Waals surface area (Å²) in [7, 11) is 1.48. The van der Waals surface area contributed by atoms with Crippen LogP contribution in [0.2, 0.25) is 0 Å². The monoisotopic (exact) mass is 243 g/mol. The van der Waals surface area contributed by atoms with Crippen LogP contribution in [0.5, 0.6) is 0 Å². The number of carbonyl (C=O) groups excluding carboxylic acids is 2. The minimum atomic E-state index is -0.961. The Morgan fingerprint density at radius 2 is 1.94 bits per heavy atom. The molecule has 2 atom stereocenters. The fourth-order valence-corrected chi connectivity index (χ4v) is 1.24. The molecule has 5 heteroatoms. The molecule has 1 amide bonds. The van der Waals surface area contributed by atoms with Crippen LogP contribution in [0.3, 0.4) is 0 Å². The Hall–Kier alpha value is -1.36. The average molecular weight is 243 g/mol. The van der Waals surface area contributed by atoms with Crippen molar-refractivity contribution in [3.8, 4) is 0 Å². The molecule has 0 aliphatic rings. The SMILES string of the molecule is C=C(C)C(=O)OC(C(O)CCC)N(C)C(C)=O. The molecule has 0 saturated carbocycles. The zero-order valence-corrected chi connectivity index (χ0v) is 10.9. The first-order valence-electron chi connectivity index (χ1n) is 5.59. The Morgan fingerprint density at radius 3 is 2.29 bits per heavy atom. The Kier molecular flexibility index (Phi) is 6.50. The number of hydrogen-bond donors (Lipinski definition) is 1. The quantitative estimate of drug-likeness (QED) is 0.430. The fraction of sp³-hybridized carbons (Fsp3) is 0.667. The van der Waals surface area contributed by atoms with Gasteiger partial charge in [-0.1, -0.05) is 19.9 Å². The molecule has 5 nitrogen and oxygen atoms in total. The minimum Gasteiger partial charge on any atom is -0.435 e. The van der Waals surface area contributed by atoms with E-state index < -0.39 is 18.3 Å². The summed E-state index contributed by atoms with van der Waals surface area (Å²) in [4.78, 5) is 23.9. The summed E-state index contributed by atoms with van der Waals surface area (Å²) in [6.07, 6.45) is -0.673. The van der Waals surface area contributed by atoms with Gasteiger partial charge in [-0.25, -0.2) is 4.79 Å². The summed E-state index contributed by atoms with van der Waals surface area (Å²) in [6, 6.07) is 0. The van der Waals surface area contributed by atoms with Crippen molar-refractivity contribution in [1.29, 1.82) is 0 Å². The Morgan fingerprint density at radius 1 is 1.41 bits per heavy atom. The Labute approximate surface area is 102 Å². The summed E-state index contributed by atoms with van der Waals surface area (Å²) in [5.74, 6) is -0.891. The predicted octanol–water partition coefficient (Wildman–Crippen LogP) is 1.07. The van der Waals surface area contributed by atoms with Crippen LogP contribution < -0.4 is 0 Å². The predicted molar refractivity (Wildman–Crippen MR) is 64.1 cm³/mol. The van der Waals surface area contributed by atoms with Gasteiger partial charge in [0.25, 0.3) is 0 Å². The van der Waals surface area contributed by atoms with Gasteiger partial charge in [-0.05, 0) is 13.3 Å². The van der Waals surface area contributed by atoms with Crippen molar-refractivity contribution in [2.45, 2.75) is 45.9 Å². The largest absolute Gasteiger partial charge is 0.435 e. The van der Waals surface area contributed by atoms with Gasteiger partial charge in [-0.3, -0.25) is 4.79 Å². The highest BCUT2D eigenvalue weighted by atomic mass is 16.6. The molecule has 0 spiro atoms. The van der Waals surface area contributed by atoms with Crippen LogP contribution in [0.25, 0.3) is 0 Å². The number of likely N-dealkylation sites (N-methyl/N-ethyl adjacent to an activating group) is 1. The first kappa shape index (κ1) is 15.6. The molecule has 0 aromatic carbocycles. The fourth-order valence-electron chi connectivity index (χ4n) is 1.24. The smallest absolute Gasteiger partial charge is 0.335 e. The van der Waals surface area contributed by atoms with Crippen molar-refractivity contribution in [2.75, 3.05) is 7.05 Å². The molecule has 0 bridgehead atoms. The van der Waals surface area contributed by atoms with Crippen LogP contribution in [0, 0.1) is 0 Å². The van der Waals surface area contributed by atoms with Crippen LogP contribution in [-0.4, -0.2) is 41.3 Å². The van der Waals surface area contributed by atoms with Gasteiger partial charge in [0.15, 0.2) is 0 Å². The zero-order chi connectivity index (χ0) is 13.6. The summed E-state index contributed by atoms with van der Waals surface area (Å²) in [5.41, 5.74) is 0.232. The van der Waals surface area contributed by atoms with Crippen LogP contribution in [0.15, 0.2) is 12.2 Å². The maximum Gasteiger partial charge on any atom is 0.335 e. The van der Waals surface area contributed by atoms with Gasteiger partial charge in [-0.2, -0.15) is 0 Å². The van der Waals surface area contributed by atoms with Crippen LogP contribution in [0.1, 0.15) is 33.6 Å². The van der Waals surface area contributed by atoms with Crippen molar-refractivity contribution in [2.24, 2.45) is 0 Å². The van der Waals surface area contributed by atoms with Gasteiger partial charge in [0, 0.05) is 19.5 Å². The van der Waals surface area contributed by atoms with Crippen molar-refractivity contribution in [3.05, 3.63) is 12.2 Å². The number of aliphatic hydroxyl groups excluding tert-OH is 1. The standard InChI is InChI=1S/C12H21NO4/c1-6-7-10(15)11(13(5)9(4)14)17-12(16)8(2)3/h10-11,15H,2,6-7H2,1,3-5H3. The van der Waals surface area contributed by atoms with E-state index >= 15 is 0 Å². The number of nitrogens with zero attached hydrogens (tertiary/aromatic N) is 1. The highest BCUT2D eigenvalue weighted by Crippen LogP contribution is 2.12. The van der Waals surface area contributed by atoms with E-state index in [1.807, 2.05) is 6.92 Å². The molecular formula is C12H21NO4. The molecule has 0 aliphatic carbocycles. The van der Waals surface area contributed by atoms with Crippen molar-refractivity contribution >= 4 is 11.9 Å². The van der Waals surface area contributed by atoms with Gasteiger partial charge in [0.05, 0.1) is 0 Å². The zero-order valence-electron chi connectivity index (χ0n) is 10.9. The van der Waals surface area contributed by atoms with E-state index in [0.29, 0.717) is 6.42 Å². The summed E-state index contributed by atoms with van der Waals surface area (Å²) in [5, 5.41) is 9.86. The van der Waals surface area contributed by atoms with E-state index in [-0.39, 0.29) is 11.5 Å². The number of esters is 1. The van der Waals surface area contributed by atoms with Crippen LogP contribution in [-0.2, 0) is 14.3 Å². The lowest BCUT2D eigenvalue weighted by atomic mass is 10.1. The van der Waals surface area contributed by atoms with E-state index in [0.717, 1.165) is 6.42 Å². The molecule has 0 heterocycles. The van der Waals surface area contributed by atoms with Crippen molar-refractivity contribution < 1.29 is 19.4 Å². The van der Waals surface area contributed by atoms with Crippen molar-refractivity contribution in [3.63, 3.8) is 0 Å². The Balaban J connectivity index is 4.78. The number of carbonyl (C=O) groups is 2. The molecule has 98 valence electrons. The lowest BCUT2D eigenvalue weighted by molar-refractivity contribution is -0.171. The molecule has 0 aromatic heterocycles. The van der Waals surface area contributed by atoms with Crippen LogP contribution in [0.4, 0.5) is 0 Å². The van der Waals surface area contributed by atoms with Gasteiger partial charge < -0.3 is 14.7 Å². The summed E-state index contributed by atoms with van der Waals surface area (Å²) < 4.78 is 5.07. The first-order chi connectivity index (χ1) is 7.81. The normalized spacial score (nSPS) is 13.7. The molecule has 0 saturated heterocycles. The summed E-state index contributed by atoms with van der Waals surface area (Å²) in [6.45, 7) is 8.22. The molecule has 0 fully saturated rings. The van der Waals surface area contributed by atoms with E-state index in [9.17, 15) is 14.7 Å². The average Bonchev–Trinajstić information content (AvgIpc) is 2.24. The second kappa shape index (κ2) is 7.06. The lowest BCUT2D eigenvalue weighted by Crippen LogP contribution is -2.46. The molecule has 0 radical (unpaired) electrons. The highest BCUT2D eigenvalue weighted by Gasteiger charge is 2.28. The molecule has 17 heavy (non-hydrogen) atoms. The third kappa shape index (κ3) is 4.99. The second-order valence-electron chi connectivity index (χ2n) is 4.06. The van der Waals surface area contributed by atoms with E-state index in [4.69, 9.17) is 4.74 Å². The number of amides is 1. The van der Waals surface area contributed by atoms with E-state index in [1.54, 1.807) is 0 Å². The first-order valence-corrected chi connectivity index (χ1v) is 5.59. The molecule has 2 unspecified atom stereocenters. The number of aliphatic hydroxyl groups is 1. The number of rotatable bonds is 6. The highest BCUT2D eigenvalue weighted by molar-refractivity contribution is 5.87. The second-order valence-corrected chi connectivity index (χ2v) is 4.06. The molecule has 1 N–H and O–H groups in total. The summed E-state index contributed by atoms with van der Waals surface area (Å²) >= 11 is 0. The maximum atomic E-state index is 11.4. The molecular weight excluding hydrogens is 222 g/mol. The van der Waals surface area contributed by atoms with Gasteiger partial charge in [-0.15, -0.1) is 0 Å². The minimum absolute atomic E-state index is 0.232. The van der Waals surface area contributed by atoms with Gasteiger partial charge in [0.1, 0.15) is 6.10 Å².